The molecule has 1 heterocycles. The van der Waals surface area contributed by atoms with Gasteiger partial charge in [0.15, 0.2) is 0 Å². The zero-order valence-corrected chi connectivity index (χ0v) is 3.98. The lowest BCUT2D eigenvalue weighted by atomic mass is 10.7. The van der Waals surface area contributed by atoms with Gasteiger partial charge in [0.1, 0.15) is 6.33 Å². The maximum atomic E-state index is 10.3. The second-order valence-corrected chi connectivity index (χ2v) is 1.13. The first-order valence-corrected chi connectivity index (χ1v) is 2.02. The summed E-state index contributed by atoms with van der Waals surface area (Å²) in [5.74, 6) is 0. The van der Waals surface area contributed by atoms with E-state index in [0.717, 1.165) is 6.33 Å². The summed E-state index contributed by atoms with van der Waals surface area (Å²) in [6.45, 7) is 0. The highest BCUT2D eigenvalue weighted by Crippen LogP contribution is 1.54. The summed E-state index contributed by atoms with van der Waals surface area (Å²) in [5.41, 5.74) is -0.324. The zero-order valence-electron chi connectivity index (χ0n) is 3.98. The van der Waals surface area contributed by atoms with Gasteiger partial charge in [-0.3, -0.25) is 4.79 Å². The summed E-state index contributed by atoms with van der Waals surface area (Å²) in [6.07, 6.45) is 2.41. The van der Waals surface area contributed by atoms with Crippen LogP contribution < -0.4 is 5.56 Å². The summed E-state index contributed by atoms with van der Waals surface area (Å²) < 4.78 is 0. The smallest absolute Gasteiger partial charge is 0.267 e. The maximum Gasteiger partial charge on any atom is 0.272 e. The molecule has 0 N–H and O–H groups in total. The second-order valence-electron chi connectivity index (χ2n) is 1.13. The normalized spacial score (nSPS) is 8.50. The lowest BCUT2D eigenvalue weighted by Crippen LogP contribution is -1.96. The largest absolute Gasteiger partial charge is 0.272 e. The van der Waals surface area contributed by atoms with Crippen LogP contribution >= 0.6 is 0 Å². The van der Waals surface area contributed by atoms with Crippen molar-refractivity contribution in [1.82, 2.24) is 15.2 Å². The summed E-state index contributed by atoms with van der Waals surface area (Å²) in [4.78, 5) is 13.6. The van der Waals surface area contributed by atoms with Gasteiger partial charge in [-0.15, -0.1) is 5.10 Å². The molecule has 1 rings (SSSR count). The second kappa shape index (κ2) is 2.11. The molecule has 0 aromatic carbocycles. The van der Waals surface area contributed by atoms with Gasteiger partial charge in [0.05, 0.1) is 6.20 Å². The Labute approximate surface area is 45.2 Å². The number of nitrogens with zero attached hydrogens (tertiary/aromatic N) is 3. The average Bonchev–Trinajstić information content (AvgIpc) is 1.94. The minimum atomic E-state index is -0.324. The fraction of sp³-hybridized carbons (Fsp3) is 0. The van der Waals surface area contributed by atoms with E-state index in [4.69, 9.17) is 0 Å². The van der Waals surface area contributed by atoms with E-state index in [1.54, 1.807) is 0 Å². The van der Waals surface area contributed by atoms with Crippen LogP contribution in [-0.2, 0) is 0 Å². The molecular formula is C4H3N3O. The van der Waals surface area contributed by atoms with Gasteiger partial charge in [-0.1, -0.05) is 0 Å². The topological polar surface area (TPSA) is 55.7 Å². The van der Waals surface area contributed by atoms with Gasteiger partial charge in [-0.25, -0.2) is 0 Å². The van der Waals surface area contributed by atoms with Gasteiger partial charge in [-0.05, 0) is 0 Å². The van der Waals surface area contributed by atoms with E-state index in [0.29, 0.717) is 0 Å². The maximum absolute atomic E-state index is 10.3. The summed E-state index contributed by atoms with van der Waals surface area (Å²) in [7, 11) is 0. The zero-order chi connectivity index (χ0) is 5.82. The van der Waals surface area contributed by atoms with Gasteiger partial charge in [0.25, 0.3) is 5.56 Å². The summed E-state index contributed by atoms with van der Waals surface area (Å²) in [6, 6.07) is 1.24. The van der Waals surface area contributed by atoms with Gasteiger partial charge >= 0.3 is 0 Å². The number of hydrogen-bond acceptors (Lipinski definition) is 4. The van der Waals surface area contributed by atoms with Crippen LogP contribution in [0.25, 0.3) is 0 Å². The first-order chi connectivity index (χ1) is 3.89. The van der Waals surface area contributed by atoms with E-state index < -0.39 is 0 Å². The Bertz CT molecular complexity index is 202. The van der Waals surface area contributed by atoms with Gasteiger partial charge < -0.3 is 0 Å². The standard InChI is InChI=1S/C4H3N3O/c8-4-1-2-6-7-3-5-4/h1-3H. The van der Waals surface area contributed by atoms with E-state index in [1.807, 2.05) is 0 Å². The molecule has 0 unspecified atom stereocenters. The Balaban J connectivity index is 3.32. The van der Waals surface area contributed by atoms with Crippen molar-refractivity contribution in [3.63, 3.8) is 0 Å². The predicted molar refractivity (Wildman–Crippen MR) is 26.1 cm³/mol. The highest BCUT2D eigenvalue weighted by atomic mass is 16.1. The average molecular weight is 109 g/mol. The van der Waals surface area contributed by atoms with Crippen LogP contribution in [0.15, 0.2) is 23.4 Å². The van der Waals surface area contributed by atoms with Crippen molar-refractivity contribution < 1.29 is 0 Å². The number of aromatic nitrogens is 3. The van der Waals surface area contributed by atoms with Crippen LogP contribution in [0.3, 0.4) is 0 Å². The van der Waals surface area contributed by atoms with Gasteiger partial charge in [0, 0.05) is 6.07 Å². The molecule has 4 nitrogen and oxygen atoms in total. The van der Waals surface area contributed by atoms with Crippen LogP contribution in [0, 0.1) is 0 Å². The Hall–Kier alpha value is -1.32. The molecule has 0 aliphatic heterocycles. The molecule has 4 heteroatoms. The van der Waals surface area contributed by atoms with E-state index in [2.05, 4.69) is 15.2 Å². The number of rotatable bonds is 0. The first-order valence-electron chi connectivity index (χ1n) is 2.02. The van der Waals surface area contributed by atoms with Crippen LogP contribution in [-0.4, -0.2) is 15.2 Å². The van der Waals surface area contributed by atoms with Gasteiger partial charge in [0.2, 0.25) is 0 Å². The molecule has 0 fully saturated rings. The Morgan fingerprint density at radius 3 is 3.12 bits per heavy atom. The molecule has 8 heavy (non-hydrogen) atoms. The Morgan fingerprint density at radius 2 is 2.25 bits per heavy atom. The fourth-order valence-electron chi connectivity index (χ4n) is 0.291. The monoisotopic (exact) mass is 109 g/mol. The summed E-state index contributed by atoms with van der Waals surface area (Å²) in [5, 5.41) is 6.74. The summed E-state index contributed by atoms with van der Waals surface area (Å²) >= 11 is 0. The number of hydrogen-bond donors (Lipinski definition) is 0. The highest BCUT2D eigenvalue weighted by molar-refractivity contribution is 4.73. The third-order valence-electron chi connectivity index (χ3n) is 0.587. The van der Waals surface area contributed by atoms with Crippen LogP contribution in [0.1, 0.15) is 0 Å². The lowest BCUT2D eigenvalue weighted by Gasteiger charge is -1.55. The molecule has 0 bridgehead atoms. The molecule has 0 aliphatic rings. The highest BCUT2D eigenvalue weighted by Gasteiger charge is 1.72. The molecule has 1 aromatic heterocycles. The molecule has 0 amide bonds. The van der Waals surface area contributed by atoms with E-state index in [-0.39, 0.29) is 5.56 Å². The quantitative estimate of drug-likeness (QED) is 0.439. The minimum Gasteiger partial charge on any atom is -0.267 e. The van der Waals surface area contributed by atoms with E-state index >= 15 is 0 Å². The molecule has 0 radical (unpaired) electrons. The molecule has 40 valence electrons. The predicted octanol–water partition coefficient (Wildman–Crippen LogP) is -0.768. The van der Waals surface area contributed by atoms with Crippen LogP contribution in [0.2, 0.25) is 0 Å². The molecule has 0 aliphatic carbocycles. The van der Waals surface area contributed by atoms with Crippen molar-refractivity contribution in [1.29, 1.82) is 0 Å². The lowest BCUT2D eigenvalue weighted by molar-refractivity contribution is 1.02. The molecular weight excluding hydrogens is 106 g/mol. The molecule has 1 aromatic rings. The van der Waals surface area contributed by atoms with Crippen molar-refractivity contribution in [3.05, 3.63) is 28.9 Å². The van der Waals surface area contributed by atoms with E-state index in [1.165, 1.54) is 12.3 Å². The minimum absolute atomic E-state index is 0.324. The van der Waals surface area contributed by atoms with Crippen molar-refractivity contribution in [2.24, 2.45) is 0 Å². The van der Waals surface area contributed by atoms with Gasteiger partial charge in [-0.2, -0.15) is 10.1 Å². The van der Waals surface area contributed by atoms with Crippen molar-refractivity contribution in [2.45, 2.75) is 0 Å². The third kappa shape index (κ3) is 1.07. The SMILES string of the molecule is O=c1ccnncn1. The Kier molecular flexibility index (Phi) is 1.27. The van der Waals surface area contributed by atoms with E-state index in [9.17, 15) is 4.79 Å². The first kappa shape index (κ1) is 4.83. The molecule has 0 saturated carbocycles. The third-order valence-corrected chi connectivity index (χ3v) is 0.587. The van der Waals surface area contributed by atoms with Crippen molar-refractivity contribution in [3.8, 4) is 0 Å². The van der Waals surface area contributed by atoms with Crippen molar-refractivity contribution >= 4 is 0 Å². The van der Waals surface area contributed by atoms with Crippen LogP contribution in [0.4, 0.5) is 0 Å². The Morgan fingerprint density at radius 1 is 1.38 bits per heavy atom. The molecule has 0 spiro atoms. The van der Waals surface area contributed by atoms with Crippen molar-refractivity contribution in [2.75, 3.05) is 0 Å². The molecule has 0 saturated heterocycles. The van der Waals surface area contributed by atoms with Crippen LogP contribution in [0.5, 0.6) is 0 Å². The molecule has 0 atom stereocenters. The fourth-order valence-corrected chi connectivity index (χ4v) is 0.291.